The van der Waals surface area contributed by atoms with Crippen LogP contribution in [0.4, 0.5) is 9.93 Å². The summed E-state index contributed by atoms with van der Waals surface area (Å²) in [6, 6.07) is 17.9. The van der Waals surface area contributed by atoms with Crippen molar-refractivity contribution in [3.8, 4) is 11.1 Å². The maximum absolute atomic E-state index is 13.4. The van der Waals surface area contributed by atoms with Gasteiger partial charge in [0.05, 0.1) is 12.1 Å². The number of nitrogens with one attached hydrogen (secondary N) is 2. The van der Waals surface area contributed by atoms with E-state index in [1.165, 1.54) is 16.2 Å². The molecule has 0 fully saturated rings. The van der Waals surface area contributed by atoms with Gasteiger partial charge in [0.15, 0.2) is 5.13 Å². The van der Waals surface area contributed by atoms with Gasteiger partial charge in [0, 0.05) is 13.1 Å². The Morgan fingerprint density at radius 3 is 2.31 bits per heavy atom. The average Bonchev–Trinajstić information content (AvgIpc) is 3.22. The standard InChI is InChI=1S/C26H32N4O4S2/c1-18-23(36(33)27-5)35-24(29-18)30(16-15-28-25(32)34-26(2,3)4)22(31)17-19-11-13-21(14-12-19)20-9-7-6-8-10-20/h6-14,27H,15-17H2,1-5H3,(H,28,32). The molecule has 2 aromatic carbocycles. The number of thiazole rings is 1. The summed E-state index contributed by atoms with van der Waals surface area (Å²) >= 11 is 1.20. The lowest BCUT2D eigenvalue weighted by Crippen LogP contribution is -2.41. The molecule has 3 rings (SSSR count). The topological polar surface area (TPSA) is 101 Å². The molecule has 0 aliphatic carbocycles. The SMILES string of the molecule is CNS(=O)c1sc(N(CCNC(=O)OC(C)(C)C)C(=O)Cc2ccc(-c3ccccc3)cc2)nc1C. The number of ether oxygens (including phenoxy) is 1. The lowest BCUT2D eigenvalue weighted by molar-refractivity contribution is -0.118. The van der Waals surface area contributed by atoms with E-state index < -0.39 is 22.7 Å². The zero-order valence-electron chi connectivity index (χ0n) is 21.2. The number of anilines is 1. The van der Waals surface area contributed by atoms with Crippen LogP contribution < -0.4 is 14.9 Å². The fraction of sp³-hybridized carbons (Fsp3) is 0.346. The zero-order chi connectivity index (χ0) is 26.3. The molecule has 2 amide bonds. The van der Waals surface area contributed by atoms with Crippen molar-refractivity contribution >= 4 is 39.5 Å². The summed E-state index contributed by atoms with van der Waals surface area (Å²) in [5.41, 5.74) is 3.00. The van der Waals surface area contributed by atoms with Crippen LogP contribution in [0, 0.1) is 6.92 Å². The lowest BCUT2D eigenvalue weighted by atomic mass is 10.0. The number of carbonyl (C=O) groups is 2. The highest BCUT2D eigenvalue weighted by Crippen LogP contribution is 2.29. The third-order valence-corrected chi connectivity index (χ3v) is 7.73. The number of amides is 2. The molecule has 8 nitrogen and oxygen atoms in total. The van der Waals surface area contributed by atoms with E-state index in [-0.39, 0.29) is 25.4 Å². The van der Waals surface area contributed by atoms with E-state index in [0.717, 1.165) is 16.7 Å². The molecular weight excluding hydrogens is 496 g/mol. The smallest absolute Gasteiger partial charge is 0.407 e. The quantitative estimate of drug-likeness (QED) is 0.427. The number of aromatic nitrogens is 1. The second kappa shape index (κ2) is 12.2. The van der Waals surface area contributed by atoms with Crippen molar-refractivity contribution in [3.05, 3.63) is 65.9 Å². The maximum Gasteiger partial charge on any atom is 0.407 e. The predicted molar refractivity (Wildman–Crippen MR) is 144 cm³/mol. The van der Waals surface area contributed by atoms with Crippen LogP contribution in [0.1, 0.15) is 32.0 Å². The number of nitrogens with zero attached hydrogens (tertiary/aromatic N) is 2. The summed E-state index contributed by atoms with van der Waals surface area (Å²) in [4.78, 5) is 31.5. The van der Waals surface area contributed by atoms with E-state index in [2.05, 4.69) is 15.0 Å². The molecule has 2 N–H and O–H groups in total. The number of hydrogen-bond acceptors (Lipinski definition) is 6. The van der Waals surface area contributed by atoms with Gasteiger partial charge in [-0.3, -0.25) is 9.69 Å². The van der Waals surface area contributed by atoms with Gasteiger partial charge < -0.3 is 10.1 Å². The number of alkyl carbamates (subject to hydrolysis) is 1. The highest BCUT2D eigenvalue weighted by atomic mass is 32.2. The van der Waals surface area contributed by atoms with Crippen LogP contribution in [0.2, 0.25) is 0 Å². The summed E-state index contributed by atoms with van der Waals surface area (Å²) < 4.78 is 20.9. The molecule has 0 saturated carbocycles. The minimum Gasteiger partial charge on any atom is -0.444 e. The second-order valence-corrected chi connectivity index (χ2v) is 11.6. The van der Waals surface area contributed by atoms with E-state index in [0.29, 0.717) is 15.0 Å². The Hall–Kier alpha value is -3.08. The third-order valence-electron chi connectivity index (χ3n) is 5.05. The number of aryl methyl sites for hydroxylation is 1. The van der Waals surface area contributed by atoms with E-state index in [1.54, 1.807) is 34.7 Å². The average molecular weight is 529 g/mol. The first kappa shape index (κ1) is 27.5. The molecular formula is C26H32N4O4S2. The molecule has 1 aromatic heterocycles. The van der Waals surface area contributed by atoms with Gasteiger partial charge in [0.25, 0.3) is 0 Å². The van der Waals surface area contributed by atoms with Gasteiger partial charge in [0.1, 0.15) is 20.8 Å². The summed E-state index contributed by atoms with van der Waals surface area (Å²) in [7, 11) is 0.183. The normalized spacial score (nSPS) is 12.1. The molecule has 192 valence electrons. The van der Waals surface area contributed by atoms with E-state index in [1.807, 2.05) is 54.6 Å². The van der Waals surface area contributed by atoms with Crippen molar-refractivity contribution in [2.45, 2.75) is 43.9 Å². The van der Waals surface area contributed by atoms with Crippen LogP contribution in [0.25, 0.3) is 11.1 Å². The highest BCUT2D eigenvalue weighted by Gasteiger charge is 2.23. The molecule has 3 aromatic rings. The monoisotopic (exact) mass is 528 g/mol. The number of carbonyl (C=O) groups excluding carboxylic acids is 2. The van der Waals surface area contributed by atoms with Crippen LogP contribution in [-0.4, -0.2) is 46.9 Å². The molecule has 0 aliphatic rings. The molecule has 1 atom stereocenters. The van der Waals surface area contributed by atoms with Crippen molar-refractivity contribution in [1.29, 1.82) is 0 Å². The fourth-order valence-corrected chi connectivity index (χ4v) is 5.50. The number of benzene rings is 2. The molecule has 1 unspecified atom stereocenters. The van der Waals surface area contributed by atoms with Gasteiger partial charge in [-0.05, 0) is 51.4 Å². The summed E-state index contributed by atoms with van der Waals surface area (Å²) in [6.45, 7) is 7.48. The van der Waals surface area contributed by atoms with Gasteiger partial charge in [-0.1, -0.05) is 65.9 Å². The van der Waals surface area contributed by atoms with Crippen molar-refractivity contribution in [2.75, 3.05) is 25.0 Å². The number of hydrogen-bond donors (Lipinski definition) is 2. The van der Waals surface area contributed by atoms with Gasteiger partial charge >= 0.3 is 6.09 Å². The van der Waals surface area contributed by atoms with Crippen LogP contribution in [0.3, 0.4) is 0 Å². The molecule has 0 radical (unpaired) electrons. The Bertz CT molecular complexity index is 1200. The van der Waals surface area contributed by atoms with E-state index in [9.17, 15) is 13.8 Å². The van der Waals surface area contributed by atoms with Crippen LogP contribution in [-0.2, 0) is 26.9 Å². The molecule has 0 spiro atoms. The fourth-order valence-electron chi connectivity index (χ4n) is 3.38. The van der Waals surface area contributed by atoms with Crippen molar-refractivity contribution < 1.29 is 18.5 Å². The first-order valence-corrected chi connectivity index (χ1v) is 13.5. The van der Waals surface area contributed by atoms with Crippen LogP contribution in [0.15, 0.2) is 58.8 Å². The third kappa shape index (κ3) is 7.71. The summed E-state index contributed by atoms with van der Waals surface area (Å²) in [5, 5.41) is 3.12. The van der Waals surface area contributed by atoms with Gasteiger partial charge in [-0.2, -0.15) is 0 Å². The van der Waals surface area contributed by atoms with E-state index >= 15 is 0 Å². The maximum atomic E-state index is 13.4. The Labute approximate surface area is 218 Å². The van der Waals surface area contributed by atoms with Gasteiger partial charge in [-0.15, -0.1) is 0 Å². The molecule has 10 heteroatoms. The highest BCUT2D eigenvalue weighted by molar-refractivity contribution is 7.85. The van der Waals surface area contributed by atoms with E-state index in [4.69, 9.17) is 4.74 Å². The Morgan fingerprint density at radius 1 is 1.06 bits per heavy atom. The van der Waals surface area contributed by atoms with Gasteiger partial charge in [-0.25, -0.2) is 18.7 Å². The van der Waals surface area contributed by atoms with Crippen molar-refractivity contribution in [3.63, 3.8) is 0 Å². The Kier molecular flexibility index (Phi) is 9.36. The van der Waals surface area contributed by atoms with Crippen LogP contribution in [0.5, 0.6) is 0 Å². The largest absolute Gasteiger partial charge is 0.444 e. The molecule has 0 aliphatic heterocycles. The van der Waals surface area contributed by atoms with Crippen LogP contribution >= 0.6 is 11.3 Å². The zero-order valence-corrected chi connectivity index (χ0v) is 22.8. The van der Waals surface area contributed by atoms with Gasteiger partial charge in [0.2, 0.25) is 5.91 Å². The summed E-state index contributed by atoms with van der Waals surface area (Å²) in [5.74, 6) is -0.177. The minimum absolute atomic E-state index is 0.157. The Morgan fingerprint density at radius 2 is 1.69 bits per heavy atom. The molecule has 0 saturated heterocycles. The summed E-state index contributed by atoms with van der Waals surface area (Å²) in [6.07, 6.45) is -0.399. The molecule has 0 bridgehead atoms. The number of rotatable bonds is 9. The Balaban J connectivity index is 1.76. The van der Waals surface area contributed by atoms with Crippen molar-refractivity contribution in [1.82, 2.24) is 15.0 Å². The first-order chi connectivity index (χ1) is 17.1. The minimum atomic E-state index is -1.42. The molecule has 36 heavy (non-hydrogen) atoms. The first-order valence-electron chi connectivity index (χ1n) is 11.6. The predicted octanol–water partition coefficient (Wildman–Crippen LogP) is 4.46. The lowest BCUT2D eigenvalue weighted by Gasteiger charge is -2.22. The second-order valence-electron chi connectivity index (χ2n) is 9.06. The molecule has 1 heterocycles. The van der Waals surface area contributed by atoms with Crippen molar-refractivity contribution in [2.24, 2.45) is 0 Å².